The number of ether oxygens (including phenoxy) is 1. The van der Waals surface area contributed by atoms with Crippen LogP contribution in [0.3, 0.4) is 0 Å². The van der Waals surface area contributed by atoms with E-state index in [1.165, 1.54) is 0 Å². The van der Waals surface area contributed by atoms with E-state index in [9.17, 15) is 4.79 Å². The van der Waals surface area contributed by atoms with Gasteiger partial charge in [0.2, 0.25) is 5.91 Å². The highest BCUT2D eigenvalue weighted by atomic mass is 16.5. The van der Waals surface area contributed by atoms with Gasteiger partial charge in [-0.1, -0.05) is 17.3 Å². The van der Waals surface area contributed by atoms with Gasteiger partial charge in [0.1, 0.15) is 18.2 Å². The van der Waals surface area contributed by atoms with E-state index in [1.807, 2.05) is 24.3 Å². The number of rotatable bonds is 3. The topological polar surface area (TPSA) is 86.0 Å². The zero-order valence-corrected chi connectivity index (χ0v) is 12.9. The molecule has 1 aromatic carbocycles. The zero-order valence-electron chi connectivity index (χ0n) is 12.9. The van der Waals surface area contributed by atoms with Crippen LogP contribution in [0.2, 0.25) is 0 Å². The summed E-state index contributed by atoms with van der Waals surface area (Å²) in [6, 6.07) is 7.59. The van der Waals surface area contributed by atoms with Gasteiger partial charge in [-0.3, -0.25) is 14.8 Å². The van der Waals surface area contributed by atoms with Gasteiger partial charge in [-0.15, -0.1) is 5.10 Å². The number of morpholine rings is 1. The molecule has 0 bridgehead atoms. The van der Waals surface area contributed by atoms with Gasteiger partial charge in [0.05, 0.1) is 30.6 Å². The van der Waals surface area contributed by atoms with Crippen molar-refractivity contribution in [2.24, 2.45) is 0 Å². The molecule has 3 heterocycles. The van der Waals surface area contributed by atoms with Gasteiger partial charge < -0.3 is 9.64 Å². The van der Waals surface area contributed by atoms with Crippen LogP contribution in [-0.2, 0) is 16.1 Å². The van der Waals surface area contributed by atoms with Crippen LogP contribution >= 0.6 is 0 Å². The van der Waals surface area contributed by atoms with Crippen molar-refractivity contribution in [2.45, 2.75) is 12.6 Å². The molecule has 0 radical (unpaired) electrons. The Hall–Kier alpha value is -2.87. The van der Waals surface area contributed by atoms with Gasteiger partial charge in [-0.2, -0.15) is 0 Å². The Morgan fingerprint density at radius 3 is 3.08 bits per heavy atom. The molecule has 4 rings (SSSR count). The molecule has 1 fully saturated rings. The molecule has 1 amide bonds. The van der Waals surface area contributed by atoms with Gasteiger partial charge in [0.25, 0.3) is 0 Å². The van der Waals surface area contributed by atoms with Crippen molar-refractivity contribution in [1.29, 1.82) is 0 Å². The molecule has 0 aliphatic carbocycles. The van der Waals surface area contributed by atoms with Crippen molar-refractivity contribution in [1.82, 2.24) is 29.9 Å². The Kier molecular flexibility index (Phi) is 3.87. The summed E-state index contributed by atoms with van der Waals surface area (Å²) in [5.41, 5.74) is 2.37. The average molecular weight is 324 g/mol. The van der Waals surface area contributed by atoms with Crippen LogP contribution in [0.4, 0.5) is 0 Å². The molecular formula is C16H16N6O2. The van der Waals surface area contributed by atoms with E-state index < -0.39 is 0 Å². The molecule has 1 aliphatic heterocycles. The average Bonchev–Trinajstić information content (AvgIpc) is 3.06. The van der Waals surface area contributed by atoms with Crippen molar-refractivity contribution in [3.05, 3.63) is 48.5 Å². The summed E-state index contributed by atoms with van der Waals surface area (Å²) in [4.78, 5) is 22.7. The Balaban J connectivity index is 1.48. The highest BCUT2D eigenvalue weighted by molar-refractivity contribution is 5.79. The minimum Gasteiger partial charge on any atom is -0.368 e. The number of amides is 1. The van der Waals surface area contributed by atoms with E-state index in [1.54, 1.807) is 28.2 Å². The molecule has 2 aromatic heterocycles. The predicted molar refractivity (Wildman–Crippen MR) is 84.8 cm³/mol. The monoisotopic (exact) mass is 324 g/mol. The quantitative estimate of drug-likeness (QED) is 0.709. The first-order chi connectivity index (χ1) is 11.8. The van der Waals surface area contributed by atoms with Crippen LogP contribution < -0.4 is 0 Å². The highest BCUT2D eigenvalue weighted by Crippen LogP contribution is 2.20. The highest BCUT2D eigenvalue weighted by Gasteiger charge is 2.26. The zero-order chi connectivity index (χ0) is 16.4. The van der Waals surface area contributed by atoms with Gasteiger partial charge in [0, 0.05) is 18.9 Å². The fourth-order valence-electron chi connectivity index (χ4n) is 2.79. The van der Waals surface area contributed by atoms with Crippen LogP contribution in [-0.4, -0.2) is 55.5 Å². The third kappa shape index (κ3) is 2.83. The third-order valence-corrected chi connectivity index (χ3v) is 4.04. The maximum absolute atomic E-state index is 12.6. The lowest BCUT2D eigenvalue weighted by Crippen LogP contribution is -2.44. The molecule has 3 aromatic rings. The molecular weight excluding hydrogens is 308 g/mol. The number of fused-ring (bicyclic) bond motifs is 1. The maximum atomic E-state index is 12.6. The van der Waals surface area contributed by atoms with E-state index in [0.717, 1.165) is 16.7 Å². The molecule has 8 nitrogen and oxygen atoms in total. The van der Waals surface area contributed by atoms with Crippen molar-refractivity contribution >= 4 is 16.9 Å². The molecule has 1 saturated heterocycles. The number of carbonyl (C=O) groups excluding carboxylic acids is 1. The summed E-state index contributed by atoms with van der Waals surface area (Å²) in [6.45, 7) is 1.66. The van der Waals surface area contributed by atoms with Crippen LogP contribution in [0.1, 0.15) is 11.8 Å². The van der Waals surface area contributed by atoms with E-state index in [4.69, 9.17) is 4.74 Å². The van der Waals surface area contributed by atoms with Crippen molar-refractivity contribution in [3.8, 4) is 0 Å². The smallest absolute Gasteiger partial charge is 0.244 e. The summed E-state index contributed by atoms with van der Waals surface area (Å²) < 4.78 is 7.35. The number of para-hydroxylation sites is 1. The Morgan fingerprint density at radius 2 is 2.21 bits per heavy atom. The molecule has 1 atom stereocenters. The molecule has 8 heteroatoms. The van der Waals surface area contributed by atoms with Crippen LogP contribution in [0.25, 0.3) is 11.0 Å². The second-order valence-corrected chi connectivity index (χ2v) is 5.57. The summed E-state index contributed by atoms with van der Waals surface area (Å²) in [6.07, 6.45) is 4.67. The van der Waals surface area contributed by atoms with E-state index >= 15 is 0 Å². The summed E-state index contributed by atoms with van der Waals surface area (Å²) in [7, 11) is 0. The fourth-order valence-corrected chi connectivity index (χ4v) is 2.79. The molecule has 1 aliphatic rings. The van der Waals surface area contributed by atoms with Gasteiger partial charge in [-0.05, 0) is 12.1 Å². The molecule has 0 N–H and O–H groups in total. The second kappa shape index (κ2) is 6.32. The van der Waals surface area contributed by atoms with Crippen molar-refractivity contribution in [2.75, 3.05) is 19.7 Å². The molecule has 0 saturated carbocycles. The van der Waals surface area contributed by atoms with Gasteiger partial charge in [-0.25, -0.2) is 4.68 Å². The Labute approximate surface area is 138 Å². The van der Waals surface area contributed by atoms with Crippen LogP contribution in [0, 0.1) is 0 Å². The normalized spacial score (nSPS) is 18.0. The maximum Gasteiger partial charge on any atom is 0.244 e. The minimum atomic E-state index is -0.246. The van der Waals surface area contributed by atoms with E-state index in [2.05, 4.69) is 20.3 Å². The standard InChI is InChI=1S/C16H16N6O2/c23-16(11-22-14-4-2-1-3-12(14)19-20-22)21-7-8-24-15(10-21)13-9-17-5-6-18-13/h1-6,9,15H,7-8,10-11H2/t15-/m1/s1. The number of carbonyl (C=O) groups is 1. The van der Waals surface area contributed by atoms with E-state index in [0.29, 0.717) is 19.7 Å². The molecule has 122 valence electrons. The second-order valence-electron chi connectivity index (χ2n) is 5.57. The fraction of sp³-hybridized carbons (Fsp3) is 0.312. The number of hydrogen-bond acceptors (Lipinski definition) is 6. The minimum absolute atomic E-state index is 0.0113. The lowest BCUT2D eigenvalue weighted by Gasteiger charge is -2.32. The first-order valence-electron chi connectivity index (χ1n) is 7.75. The lowest BCUT2D eigenvalue weighted by atomic mass is 10.2. The van der Waals surface area contributed by atoms with Gasteiger partial charge in [0.15, 0.2) is 0 Å². The van der Waals surface area contributed by atoms with Crippen molar-refractivity contribution < 1.29 is 9.53 Å². The SMILES string of the molecule is O=C(Cn1nnc2ccccc21)N1CCO[C@@H](c2cnccn2)C1. The van der Waals surface area contributed by atoms with Crippen LogP contribution in [0.15, 0.2) is 42.9 Å². The third-order valence-electron chi connectivity index (χ3n) is 4.04. The Morgan fingerprint density at radius 1 is 1.29 bits per heavy atom. The first-order valence-corrected chi connectivity index (χ1v) is 7.75. The summed E-state index contributed by atoms with van der Waals surface area (Å²) in [5.74, 6) is -0.0113. The Bertz CT molecular complexity index is 850. The summed E-state index contributed by atoms with van der Waals surface area (Å²) in [5, 5.41) is 8.15. The molecule has 0 unspecified atom stereocenters. The molecule has 24 heavy (non-hydrogen) atoms. The lowest BCUT2D eigenvalue weighted by molar-refractivity contribution is -0.140. The largest absolute Gasteiger partial charge is 0.368 e. The number of nitrogens with zero attached hydrogens (tertiary/aromatic N) is 6. The van der Waals surface area contributed by atoms with Crippen molar-refractivity contribution in [3.63, 3.8) is 0 Å². The van der Waals surface area contributed by atoms with E-state index in [-0.39, 0.29) is 18.6 Å². The molecule has 0 spiro atoms. The van der Waals surface area contributed by atoms with Crippen LogP contribution in [0.5, 0.6) is 0 Å². The first kappa shape index (κ1) is 14.7. The number of benzene rings is 1. The number of hydrogen-bond donors (Lipinski definition) is 0. The predicted octanol–water partition coefficient (Wildman–Crippen LogP) is 0.821. The number of aromatic nitrogens is 5. The van der Waals surface area contributed by atoms with Gasteiger partial charge >= 0.3 is 0 Å². The summed E-state index contributed by atoms with van der Waals surface area (Å²) >= 11 is 0.